The van der Waals surface area contributed by atoms with Crippen LogP contribution >= 0.6 is 0 Å². The minimum Gasteiger partial charge on any atom is -0.493 e. The number of ether oxygens (including phenoxy) is 1. The molecular weight excluding hydrogens is 306 g/mol. The largest absolute Gasteiger partial charge is 0.493 e. The molecule has 126 valence electrons. The SMILES string of the molecule is Cc1cc(C)cc(OCCC(=O)Nc2ccccc2CC(=O)O)c1. The first-order valence-corrected chi connectivity index (χ1v) is 7.74. The van der Waals surface area contributed by atoms with Crippen molar-refractivity contribution in [1.29, 1.82) is 0 Å². The van der Waals surface area contributed by atoms with Gasteiger partial charge in [0, 0.05) is 5.69 Å². The van der Waals surface area contributed by atoms with E-state index in [-0.39, 0.29) is 25.4 Å². The van der Waals surface area contributed by atoms with Crippen LogP contribution in [0.3, 0.4) is 0 Å². The van der Waals surface area contributed by atoms with Crippen molar-refractivity contribution < 1.29 is 19.4 Å². The third kappa shape index (κ3) is 5.43. The van der Waals surface area contributed by atoms with Crippen LogP contribution in [0.1, 0.15) is 23.1 Å². The van der Waals surface area contributed by atoms with E-state index in [1.54, 1.807) is 24.3 Å². The van der Waals surface area contributed by atoms with Gasteiger partial charge in [0.1, 0.15) is 5.75 Å². The highest BCUT2D eigenvalue weighted by Gasteiger charge is 2.09. The van der Waals surface area contributed by atoms with E-state index >= 15 is 0 Å². The number of benzene rings is 2. The van der Waals surface area contributed by atoms with Crippen molar-refractivity contribution in [2.75, 3.05) is 11.9 Å². The highest BCUT2D eigenvalue weighted by Crippen LogP contribution is 2.18. The van der Waals surface area contributed by atoms with E-state index < -0.39 is 5.97 Å². The lowest BCUT2D eigenvalue weighted by Crippen LogP contribution is -2.17. The highest BCUT2D eigenvalue weighted by molar-refractivity contribution is 5.92. The summed E-state index contributed by atoms with van der Waals surface area (Å²) in [6, 6.07) is 12.8. The van der Waals surface area contributed by atoms with Crippen LogP contribution in [0.2, 0.25) is 0 Å². The molecule has 24 heavy (non-hydrogen) atoms. The zero-order valence-electron chi connectivity index (χ0n) is 13.8. The fourth-order valence-electron chi connectivity index (χ4n) is 2.45. The Labute approximate surface area is 141 Å². The smallest absolute Gasteiger partial charge is 0.307 e. The van der Waals surface area contributed by atoms with Gasteiger partial charge in [-0.1, -0.05) is 24.3 Å². The first kappa shape index (κ1) is 17.5. The Hall–Kier alpha value is -2.82. The molecule has 2 N–H and O–H groups in total. The van der Waals surface area contributed by atoms with Gasteiger partial charge >= 0.3 is 5.97 Å². The summed E-state index contributed by atoms with van der Waals surface area (Å²) in [5, 5.41) is 11.6. The lowest BCUT2D eigenvalue weighted by molar-refractivity contribution is -0.136. The van der Waals surface area contributed by atoms with Crippen LogP contribution in [-0.2, 0) is 16.0 Å². The van der Waals surface area contributed by atoms with E-state index in [4.69, 9.17) is 9.84 Å². The van der Waals surface area contributed by atoms with Crippen LogP contribution in [0.5, 0.6) is 5.75 Å². The molecule has 0 spiro atoms. The van der Waals surface area contributed by atoms with Crippen LogP contribution in [-0.4, -0.2) is 23.6 Å². The summed E-state index contributed by atoms with van der Waals surface area (Å²) in [7, 11) is 0. The number of amides is 1. The molecule has 0 saturated carbocycles. The second-order valence-electron chi connectivity index (χ2n) is 5.70. The number of carboxylic acids is 1. The van der Waals surface area contributed by atoms with E-state index in [2.05, 4.69) is 11.4 Å². The molecule has 5 heteroatoms. The molecule has 0 unspecified atom stereocenters. The Morgan fingerprint density at radius 3 is 2.42 bits per heavy atom. The van der Waals surface area contributed by atoms with Gasteiger partial charge in [0.05, 0.1) is 19.4 Å². The van der Waals surface area contributed by atoms with Gasteiger partial charge in [-0.2, -0.15) is 0 Å². The van der Waals surface area contributed by atoms with Crippen LogP contribution in [0.25, 0.3) is 0 Å². The van der Waals surface area contributed by atoms with Crippen molar-refractivity contribution in [1.82, 2.24) is 0 Å². The Kier molecular flexibility index (Phi) is 5.95. The number of carboxylic acid groups (broad SMARTS) is 1. The molecule has 5 nitrogen and oxygen atoms in total. The van der Waals surface area contributed by atoms with Gasteiger partial charge in [-0.05, 0) is 48.7 Å². The summed E-state index contributed by atoms with van der Waals surface area (Å²) in [6.45, 7) is 4.24. The normalized spacial score (nSPS) is 10.2. The number of aliphatic carboxylic acids is 1. The third-order valence-electron chi connectivity index (χ3n) is 3.43. The maximum atomic E-state index is 12.0. The molecule has 0 aliphatic heterocycles. The zero-order valence-corrected chi connectivity index (χ0v) is 13.8. The predicted octanol–water partition coefficient (Wildman–Crippen LogP) is 3.34. The molecule has 0 radical (unpaired) electrons. The number of hydrogen-bond acceptors (Lipinski definition) is 3. The lowest BCUT2D eigenvalue weighted by Gasteiger charge is -2.11. The van der Waals surface area contributed by atoms with Gasteiger partial charge in [-0.3, -0.25) is 9.59 Å². The first-order valence-electron chi connectivity index (χ1n) is 7.74. The molecule has 0 fully saturated rings. The van der Waals surface area contributed by atoms with Crippen molar-refractivity contribution in [3.63, 3.8) is 0 Å². The van der Waals surface area contributed by atoms with Crippen molar-refractivity contribution in [2.45, 2.75) is 26.7 Å². The number of carbonyl (C=O) groups excluding carboxylic acids is 1. The maximum absolute atomic E-state index is 12.0. The molecule has 2 aromatic carbocycles. The van der Waals surface area contributed by atoms with Crippen LogP contribution in [0, 0.1) is 13.8 Å². The minimum absolute atomic E-state index is 0.129. The fourth-order valence-corrected chi connectivity index (χ4v) is 2.45. The molecule has 0 aliphatic rings. The molecule has 0 atom stereocenters. The number of aryl methyl sites for hydroxylation is 2. The van der Waals surface area contributed by atoms with Crippen molar-refractivity contribution in [3.05, 3.63) is 59.2 Å². The minimum atomic E-state index is -0.935. The van der Waals surface area contributed by atoms with E-state index in [9.17, 15) is 9.59 Å². The summed E-state index contributed by atoms with van der Waals surface area (Å²) in [4.78, 5) is 22.9. The Bertz CT molecular complexity index is 720. The molecule has 2 rings (SSSR count). The lowest BCUT2D eigenvalue weighted by atomic mass is 10.1. The number of para-hydroxylation sites is 1. The number of anilines is 1. The third-order valence-corrected chi connectivity index (χ3v) is 3.43. The quantitative estimate of drug-likeness (QED) is 0.818. The summed E-state index contributed by atoms with van der Waals surface area (Å²) >= 11 is 0. The molecule has 0 saturated heterocycles. The molecule has 0 bridgehead atoms. The number of carbonyl (C=O) groups is 2. The average Bonchev–Trinajstić information content (AvgIpc) is 2.48. The van der Waals surface area contributed by atoms with Crippen molar-refractivity contribution in [3.8, 4) is 5.75 Å². The zero-order chi connectivity index (χ0) is 17.5. The van der Waals surface area contributed by atoms with Gasteiger partial charge in [0.15, 0.2) is 0 Å². The van der Waals surface area contributed by atoms with Crippen molar-refractivity contribution >= 4 is 17.6 Å². The van der Waals surface area contributed by atoms with E-state index in [1.165, 1.54) is 0 Å². The number of rotatable bonds is 7. The summed E-state index contributed by atoms with van der Waals surface area (Å²) < 4.78 is 5.62. The number of hydrogen-bond donors (Lipinski definition) is 2. The topological polar surface area (TPSA) is 75.6 Å². The monoisotopic (exact) mass is 327 g/mol. The molecule has 2 aromatic rings. The van der Waals surface area contributed by atoms with E-state index in [1.807, 2.05) is 26.0 Å². The van der Waals surface area contributed by atoms with Gasteiger partial charge in [-0.15, -0.1) is 0 Å². The number of nitrogens with one attached hydrogen (secondary N) is 1. The van der Waals surface area contributed by atoms with Gasteiger partial charge in [0.2, 0.25) is 5.91 Å². The van der Waals surface area contributed by atoms with Gasteiger partial charge < -0.3 is 15.2 Å². The van der Waals surface area contributed by atoms with Crippen molar-refractivity contribution in [2.24, 2.45) is 0 Å². The second-order valence-corrected chi connectivity index (χ2v) is 5.70. The molecule has 0 aliphatic carbocycles. The first-order chi connectivity index (χ1) is 11.4. The Morgan fingerprint density at radius 2 is 1.75 bits per heavy atom. The summed E-state index contributed by atoms with van der Waals surface area (Å²) in [6.07, 6.45) is 0.0594. The standard InChI is InChI=1S/C19H21NO4/c1-13-9-14(2)11-16(10-13)24-8-7-18(21)20-17-6-4-3-5-15(17)12-19(22)23/h3-6,9-11H,7-8,12H2,1-2H3,(H,20,21)(H,22,23). The van der Waals surface area contributed by atoms with Gasteiger partial charge in [0.25, 0.3) is 0 Å². The highest BCUT2D eigenvalue weighted by atomic mass is 16.5. The molecule has 0 heterocycles. The fraction of sp³-hybridized carbons (Fsp3) is 0.263. The summed E-state index contributed by atoms with van der Waals surface area (Å²) in [5.74, 6) is -0.404. The van der Waals surface area contributed by atoms with Crippen LogP contribution in [0.4, 0.5) is 5.69 Å². The van der Waals surface area contributed by atoms with E-state index in [0.717, 1.165) is 16.9 Å². The van der Waals surface area contributed by atoms with Gasteiger partial charge in [-0.25, -0.2) is 0 Å². The molecular formula is C19H21NO4. The van der Waals surface area contributed by atoms with Crippen LogP contribution < -0.4 is 10.1 Å². The molecule has 0 aromatic heterocycles. The van der Waals surface area contributed by atoms with Crippen LogP contribution in [0.15, 0.2) is 42.5 Å². The molecule has 1 amide bonds. The summed E-state index contributed by atoms with van der Waals surface area (Å²) in [5.41, 5.74) is 3.32. The maximum Gasteiger partial charge on any atom is 0.307 e. The Morgan fingerprint density at radius 1 is 1.08 bits per heavy atom. The Balaban J connectivity index is 1.88. The second kappa shape index (κ2) is 8.15. The average molecular weight is 327 g/mol. The van der Waals surface area contributed by atoms with E-state index in [0.29, 0.717) is 11.3 Å². The predicted molar refractivity (Wildman–Crippen MR) is 92.4 cm³/mol.